The van der Waals surface area contributed by atoms with Crippen LogP contribution in [0.3, 0.4) is 0 Å². The Bertz CT molecular complexity index is 310. The highest BCUT2D eigenvalue weighted by Crippen LogP contribution is 2.35. The average molecular weight is 273 g/mol. The lowest BCUT2D eigenvalue weighted by Gasteiger charge is -2.33. The van der Waals surface area contributed by atoms with Crippen LogP contribution in [0.5, 0.6) is 0 Å². The van der Waals surface area contributed by atoms with Crippen molar-refractivity contribution in [1.29, 1.82) is 0 Å². The summed E-state index contributed by atoms with van der Waals surface area (Å²) in [6, 6.07) is 11.3. The van der Waals surface area contributed by atoms with Gasteiger partial charge in [-0.15, -0.1) is 11.6 Å². The lowest BCUT2D eigenvalue weighted by molar-refractivity contribution is 0.265. The minimum atomic E-state index is -1.61. The third kappa shape index (κ3) is 3.55. The maximum Gasteiger partial charge on any atom is 0.321 e. The van der Waals surface area contributed by atoms with Crippen molar-refractivity contribution in [3.05, 3.63) is 35.9 Å². The highest BCUT2D eigenvalue weighted by Gasteiger charge is 2.34. The third-order valence-electron chi connectivity index (χ3n) is 3.40. The van der Waals surface area contributed by atoms with Crippen molar-refractivity contribution in [1.82, 2.24) is 0 Å². The van der Waals surface area contributed by atoms with E-state index in [-0.39, 0.29) is 5.41 Å². The molecule has 0 aromatic heterocycles. The first-order valence-corrected chi connectivity index (χ1v) is 8.19. The second kappa shape index (κ2) is 7.16. The molecule has 0 N–H and O–H groups in total. The fourth-order valence-corrected chi connectivity index (χ4v) is 4.53. The van der Waals surface area contributed by atoms with Gasteiger partial charge in [-0.3, -0.25) is 0 Å². The Kier molecular flexibility index (Phi) is 6.20. The smallest absolute Gasteiger partial charge is 0.321 e. The Labute approximate surface area is 111 Å². The first-order chi connectivity index (χ1) is 8.22. The van der Waals surface area contributed by atoms with E-state index < -0.39 is 9.28 Å². The molecule has 96 valence electrons. The van der Waals surface area contributed by atoms with Crippen molar-refractivity contribution in [2.24, 2.45) is 0 Å². The second-order valence-corrected chi connectivity index (χ2v) is 6.72. The summed E-state index contributed by atoms with van der Waals surface area (Å²) in [5, 5.41) is 0. The summed E-state index contributed by atoms with van der Waals surface area (Å²) in [5.74, 6) is 0.601. The number of hydrogen-bond acceptors (Lipinski definition) is 2. The largest absolute Gasteiger partial charge is 0.400 e. The van der Waals surface area contributed by atoms with E-state index in [1.165, 1.54) is 5.56 Å². The average Bonchev–Trinajstić information content (AvgIpc) is 2.42. The molecule has 0 saturated carbocycles. The molecule has 17 heavy (non-hydrogen) atoms. The highest BCUT2D eigenvalue weighted by atomic mass is 35.5. The summed E-state index contributed by atoms with van der Waals surface area (Å²) in [6.45, 7) is 2.17. The molecule has 2 nitrogen and oxygen atoms in total. The first kappa shape index (κ1) is 14.7. The van der Waals surface area contributed by atoms with E-state index in [1.54, 1.807) is 14.2 Å². The number of benzene rings is 1. The number of hydrogen-bond donors (Lipinski definition) is 0. The Morgan fingerprint density at radius 1 is 1.18 bits per heavy atom. The van der Waals surface area contributed by atoms with Crippen LogP contribution in [0.4, 0.5) is 0 Å². The van der Waals surface area contributed by atoms with Gasteiger partial charge in [-0.25, -0.2) is 0 Å². The van der Waals surface area contributed by atoms with Crippen molar-refractivity contribution in [3.8, 4) is 0 Å². The topological polar surface area (TPSA) is 18.5 Å². The molecule has 0 aliphatic rings. The summed E-state index contributed by atoms with van der Waals surface area (Å²) >= 11 is 6.23. The molecular weight excluding hydrogens is 252 g/mol. The molecule has 1 rings (SSSR count). The van der Waals surface area contributed by atoms with E-state index in [0.717, 1.165) is 12.5 Å². The molecule has 0 saturated heterocycles. The van der Waals surface area contributed by atoms with Crippen LogP contribution < -0.4 is 0 Å². The van der Waals surface area contributed by atoms with Crippen LogP contribution in [0.25, 0.3) is 0 Å². The third-order valence-corrected chi connectivity index (χ3v) is 6.08. The van der Waals surface area contributed by atoms with E-state index in [9.17, 15) is 0 Å². The van der Waals surface area contributed by atoms with Crippen molar-refractivity contribution >= 4 is 20.9 Å². The van der Waals surface area contributed by atoms with E-state index in [4.69, 9.17) is 20.5 Å². The minimum Gasteiger partial charge on any atom is -0.400 e. The predicted molar refractivity (Wildman–Crippen MR) is 75.1 cm³/mol. The zero-order valence-electron chi connectivity index (χ0n) is 10.8. The quantitative estimate of drug-likeness (QED) is 0.561. The van der Waals surface area contributed by atoms with Gasteiger partial charge < -0.3 is 8.85 Å². The van der Waals surface area contributed by atoms with Gasteiger partial charge in [-0.05, 0) is 18.0 Å². The summed E-state index contributed by atoms with van der Waals surface area (Å²) < 4.78 is 10.9. The van der Waals surface area contributed by atoms with E-state index in [0.29, 0.717) is 5.88 Å². The molecule has 0 amide bonds. The van der Waals surface area contributed by atoms with Gasteiger partial charge >= 0.3 is 9.28 Å². The molecule has 4 heteroatoms. The molecule has 0 radical (unpaired) electrons. The van der Waals surface area contributed by atoms with Gasteiger partial charge in [-0.2, -0.15) is 0 Å². The van der Waals surface area contributed by atoms with Crippen LogP contribution in [0.15, 0.2) is 30.3 Å². The van der Waals surface area contributed by atoms with Crippen LogP contribution in [0.1, 0.15) is 18.9 Å². The van der Waals surface area contributed by atoms with E-state index in [2.05, 4.69) is 31.2 Å². The summed E-state index contributed by atoms with van der Waals surface area (Å²) in [4.78, 5) is 0. The van der Waals surface area contributed by atoms with E-state index in [1.807, 2.05) is 6.07 Å². The van der Waals surface area contributed by atoms with Gasteiger partial charge in [0, 0.05) is 25.5 Å². The van der Waals surface area contributed by atoms with Crippen molar-refractivity contribution in [3.63, 3.8) is 0 Å². The second-order valence-electron chi connectivity index (χ2n) is 4.24. The van der Waals surface area contributed by atoms with Gasteiger partial charge in [0.1, 0.15) is 0 Å². The zero-order valence-corrected chi connectivity index (χ0v) is 12.7. The maximum atomic E-state index is 6.23. The molecule has 0 bridgehead atoms. The molecular formula is C13H21ClO2Si. The van der Waals surface area contributed by atoms with E-state index >= 15 is 0 Å². The van der Waals surface area contributed by atoms with Gasteiger partial charge in [0.25, 0.3) is 0 Å². The van der Waals surface area contributed by atoms with Crippen LogP contribution in [0.2, 0.25) is 6.04 Å². The van der Waals surface area contributed by atoms with Crippen molar-refractivity contribution in [2.75, 3.05) is 20.1 Å². The zero-order chi connectivity index (χ0) is 12.7. The molecule has 1 aromatic rings. The number of rotatable bonds is 7. The molecule has 0 aliphatic carbocycles. The van der Waals surface area contributed by atoms with Gasteiger partial charge in [0.15, 0.2) is 0 Å². The molecule has 0 spiro atoms. The lowest BCUT2D eigenvalue weighted by Crippen LogP contribution is -2.35. The summed E-state index contributed by atoms with van der Waals surface area (Å²) in [6.07, 6.45) is 0.997. The van der Waals surface area contributed by atoms with Gasteiger partial charge in [0.05, 0.1) is 0 Å². The van der Waals surface area contributed by atoms with Crippen LogP contribution in [0, 0.1) is 0 Å². The molecule has 0 heterocycles. The number of halogens is 1. The molecule has 1 aromatic carbocycles. The minimum absolute atomic E-state index is 0.0221. The lowest BCUT2D eigenvalue weighted by atomic mass is 9.82. The summed E-state index contributed by atoms with van der Waals surface area (Å²) in [5.41, 5.74) is 1.26. The van der Waals surface area contributed by atoms with Crippen LogP contribution >= 0.6 is 11.6 Å². The SMILES string of the molecule is CCC(CCl)(C[SiH](OC)OC)c1ccccc1. The number of alkyl halides is 1. The Hall–Kier alpha value is -0.353. The molecule has 1 atom stereocenters. The Morgan fingerprint density at radius 3 is 2.18 bits per heavy atom. The fourth-order valence-electron chi connectivity index (χ4n) is 2.07. The van der Waals surface area contributed by atoms with Gasteiger partial charge in [-0.1, -0.05) is 37.3 Å². The Balaban J connectivity index is 2.96. The predicted octanol–water partition coefficient (Wildman–Crippen LogP) is 3.09. The monoisotopic (exact) mass is 272 g/mol. The molecule has 0 aliphatic heterocycles. The summed E-state index contributed by atoms with van der Waals surface area (Å²) in [7, 11) is 1.84. The standard InChI is InChI=1S/C13H21ClO2Si/c1-4-13(10-14,11-17(15-2)16-3)12-8-6-5-7-9-12/h5-9,17H,4,10-11H2,1-3H3. The first-order valence-electron chi connectivity index (χ1n) is 5.89. The van der Waals surface area contributed by atoms with Crippen molar-refractivity contribution < 1.29 is 8.85 Å². The van der Waals surface area contributed by atoms with Crippen LogP contribution in [-0.4, -0.2) is 29.4 Å². The normalized spacial score (nSPS) is 14.9. The Morgan fingerprint density at radius 2 is 1.76 bits per heavy atom. The highest BCUT2D eigenvalue weighted by molar-refractivity contribution is 6.44. The molecule has 0 fully saturated rings. The fraction of sp³-hybridized carbons (Fsp3) is 0.538. The van der Waals surface area contributed by atoms with Crippen LogP contribution in [-0.2, 0) is 14.3 Å². The maximum absolute atomic E-state index is 6.23. The van der Waals surface area contributed by atoms with Crippen molar-refractivity contribution in [2.45, 2.75) is 24.8 Å². The van der Waals surface area contributed by atoms with Gasteiger partial charge in [0.2, 0.25) is 0 Å². The molecule has 1 unspecified atom stereocenters.